The van der Waals surface area contributed by atoms with Crippen LogP contribution in [-0.4, -0.2) is 75.4 Å². The Hall–Kier alpha value is -2.81. The summed E-state index contributed by atoms with van der Waals surface area (Å²) in [6, 6.07) is 8.77. The highest BCUT2D eigenvalue weighted by atomic mass is 16.5. The molecule has 6 rings (SSSR count). The zero-order chi connectivity index (χ0) is 23.1. The largest absolute Gasteiger partial charge is 0.375 e. The summed E-state index contributed by atoms with van der Waals surface area (Å²) < 4.78 is 7.64. The van der Waals surface area contributed by atoms with Crippen LogP contribution < -0.4 is 5.32 Å². The smallest absolute Gasteiger partial charge is 0.239 e. The van der Waals surface area contributed by atoms with Gasteiger partial charge in [0, 0.05) is 43.3 Å². The number of hydrogen-bond donors (Lipinski definition) is 1. The van der Waals surface area contributed by atoms with Crippen LogP contribution >= 0.6 is 0 Å². The number of pyridine rings is 1. The number of ether oxygens (including phenoxy) is 1. The maximum absolute atomic E-state index is 12.7. The van der Waals surface area contributed by atoms with Gasteiger partial charge in [0.05, 0.1) is 31.1 Å². The fraction of sp³-hybridized carbons (Fsp3) is 0.500. The van der Waals surface area contributed by atoms with Crippen molar-refractivity contribution in [3.63, 3.8) is 0 Å². The fourth-order valence-corrected chi connectivity index (χ4v) is 5.64. The van der Waals surface area contributed by atoms with Gasteiger partial charge in [-0.15, -0.1) is 0 Å². The molecular weight excluding hydrogens is 428 g/mol. The molecule has 34 heavy (non-hydrogen) atoms. The molecule has 2 aromatic heterocycles. The van der Waals surface area contributed by atoms with Crippen LogP contribution in [-0.2, 0) is 23.1 Å². The van der Waals surface area contributed by atoms with E-state index in [1.165, 1.54) is 30.5 Å². The summed E-state index contributed by atoms with van der Waals surface area (Å²) in [7, 11) is 2.03. The van der Waals surface area contributed by atoms with Gasteiger partial charge in [0.25, 0.3) is 0 Å². The number of rotatable bonds is 6. The third-order valence-corrected chi connectivity index (χ3v) is 7.54. The number of morpholine rings is 1. The van der Waals surface area contributed by atoms with Gasteiger partial charge in [-0.1, -0.05) is 18.6 Å². The number of aryl methyl sites for hydroxylation is 1. The lowest BCUT2D eigenvalue weighted by atomic mass is 10.0. The average Bonchev–Trinajstić information content (AvgIpc) is 3.56. The number of amides is 1. The molecule has 178 valence electrons. The number of piperidine rings is 1. The molecule has 8 heteroatoms. The van der Waals surface area contributed by atoms with Gasteiger partial charge in [-0.2, -0.15) is 5.10 Å². The number of hydrogen-bond acceptors (Lipinski definition) is 6. The number of fused-ring (bicyclic) bond motifs is 3. The molecule has 0 saturated carbocycles. The van der Waals surface area contributed by atoms with Crippen molar-refractivity contribution < 1.29 is 9.53 Å². The van der Waals surface area contributed by atoms with Gasteiger partial charge < -0.3 is 10.1 Å². The van der Waals surface area contributed by atoms with Crippen molar-refractivity contribution in [1.29, 1.82) is 0 Å². The quantitative estimate of drug-likeness (QED) is 0.610. The second-order valence-electron chi connectivity index (χ2n) is 9.92. The lowest BCUT2D eigenvalue weighted by Crippen LogP contribution is -2.41. The van der Waals surface area contributed by atoms with Crippen molar-refractivity contribution in [1.82, 2.24) is 24.6 Å². The van der Waals surface area contributed by atoms with E-state index in [0.29, 0.717) is 24.5 Å². The molecule has 2 atom stereocenters. The molecule has 3 saturated heterocycles. The summed E-state index contributed by atoms with van der Waals surface area (Å²) in [6.07, 6.45) is 9.02. The summed E-state index contributed by atoms with van der Waals surface area (Å²) in [5.41, 5.74) is 3.56. The highest BCUT2D eigenvalue weighted by Gasteiger charge is 2.39. The molecule has 0 spiro atoms. The predicted molar refractivity (Wildman–Crippen MR) is 131 cm³/mol. The summed E-state index contributed by atoms with van der Waals surface area (Å²) in [6.45, 7) is 5.21. The van der Waals surface area contributed by atoms with Crippen LogP contribution in [0.2, 0.25) is 0 Å². The Balaban J connectivity index is 1.20. The van der Waals surface area contributed by atoms with Crippen LogP contribution in [0.25, 0.3) is 21.9 Å². The molecule has 1 amide bonds. The van der Waals surface area contributed by atoms with Crippen molar-refractivity contribution >= 4 is 22.5 Å². The first-order chi connectivity index (χ1) is 16.6. The van der Waals surface area contributed by atoms with Gasteiger partial charge in [0.1, 0.15) is 5.82 Å². The lowest BCUT2D eigenvalue weighted by Gasteiger charge is -2.26. The SMILES string of the molecule is Cn1ncc(-c2ccc3cnc(NC(=O)CN4C[C@@H]5C[C@H]4CO5)cc3c2)c1CN1CCCCC1. The maximum atomic E-state index is 12.7. The monoisotopic (exact) mass is 460 g/mol. The van der Waals surface area contributed by atoms with E-state index in [4.69, 9.17) is 4.74 Å². The molecule has 0 radical (unpaired) electrons. The molecule has 8 nitrogen and oxygen atoms in total. The average molecular weight is 461 g/mol. The number of nitrogens with zero attached hydrogens (tertiary/aromatic N) is 5. The summed E-state index contributed by atoms with van der Waals surface area (Å²) >= 11 is 0. The van der Waals surface area contributed by atoms with Crippen LogP contribution in [0.1, 0.15) is 31.4 Å². The minimum Gasteiger partial charge on any atom is -0.375 e. The minimum atomic E-state index is -0.0216. The van der Waals surface area contributed by atoms with Gasteiger partial charge in [-0.05, 0) is 55.4 Å². The fourth-order valence-electron chi connectivity index (χ4n) is 5.64. The Labute approximate surface area is 199 Å². The molecule has 0 aliphatic carbocycles. The number of carbonyl (C=O) groups excluding carboxylic acids is 1. The van der Waals surface area contributed by atoms with E-state index >= 15 is 0 Å². The summed E-state index contributed by atoms with van der Waals surface area (Å²) in [4.78, 5) is 21.9. The molecule has 3 aromatic rings. The molecule has 2 bridgehead atoms. The Kier molecular flexibility index (Phi) is 5.80. The van der Waals surface area contributed by atoms with Gasteiger partial charge in [-0.3, -0.25) is 19.3 Å². The first-order valence-electron chi connectivity index (χ1n) is 12.4. The number of likely N-dealkylation sites (tertiary alicyclic amines) is 2. The molecular formula is C26H32N6O2. The maximum Gasteiger partial charge on any atom is 0.239 e. The van der Waals surface area contributed by atoms with E-state index in [9.17, 15) is 4.79 Å². The van der Waals surface area contributed by atoms with E-state index in [1.54, 1.807) is 0 Å². The first kappa shape index (κ1) is 21.7. The second-order valence-corrected chi connectivity index (χ2v) is 9.92. The lowest BCUT2D eigenvalue weighted by molar-refractivity contribution is -0.118. The number of carbonyl (C=O) groups is 1. The highest BCUT2D eigenvalue weighted by Crippen LogP contribution is 2.30. The van der Waals surface area contributed by atoms with Crippen LogP contribution in [0.4, 0.5) is 5.82 Å². The van der Waals surface area contributed by atoms with E-state index < -0.39 is 0 Å². The Morgan fingerprint density at radius 2 is 2.03 bits per heavy atom. The first-order valence-corrected chi connectivity index (χ1v) is 12.4. The Bertz CT molecular complexity index is 1200. The number of nitrogens with one attached hydrogen (secondary N) is 1. The number of benzene rings is 1. The van der Waals surface area contributed by atoms with Crippen molar-refractivity contribution in [2.24, 2.45) is 7.05 Å². The molecule has 1 aromatic carbocycles. The molecule has 3 aliphatic heterocycles. The van der Waals surface area contributed by atoms with Gasteiger partial charge in [0.2, 0.25) is 5.91 Å². The number of anilines is 1. The van der Waals surface area contributed by atoms with Crippen LogP contribution in [0.3, 0.4) is 0 Å². The molecule has 0 unspecified atom stereocenters. The standard InChI is InChI=1S/C26H32N6O2/c1-30-24(15-31-7-3-2-4-8-31)23(13-28-30)18-5-6-19-12-27-25(10-20(19)9-18)29-26(33)16-32-14-22-11-21(32)17-34-22/h5-6,9-10,12-13,21-22H,2-4,7-8,11,14-17H2,1H3,(H,27,29,33)/t21-,22-/m0/s1. The van der Waals surface area contributed by atoms with Crippen molar-refractivity contribution in [2.75, 3.05) is 38.1 Å². The van der Waals surface area contributed by atoms with E-state index in [1.807, 2.05) is 30.2 Å². The molecule has 5 heterocycles. The van der Waals surface area contributed by atoms with Gasteiger partial charge in [-0.25, -0.2) is 4.98 Å². The van der Waals surface area contributed by atoms with Crippen molar-refractivity contribution in [3.05, 3.63) is 42.4 Å². The van der Waals surface area contributed by atoms with Crippen molar-refractivity contribution in [3.8, 4) is 11.1 Å². The normalized spacial score (nSPS) is 23.1. The topological polar surface area (TPSA) is 75.5 Å². The van der Waals surface area contributed by atoms with Crippen LogP contribution in [0, 0.1) is 0 Å². The van der Waals surface area contributed by atoms with Gasteiger partial charge >= 0.3 is 0 Å². The Morgan fingerprint density at radius 3 is 2.82 bits per heavy atom. The van der Waals surface area contributed by atoms with Crippen LogP contribution in [0.5, 0.6) is 0 Å². The third-order valence-electron chi connectivity index (χ3n) is 7.54. The van der Waals surface area contributed by atoms with Gasteiger partial charge in [0.15, 0.2) is 0 Å². The van der Waals surface area contributed by atoms with E-state index in [2.05, 4.69) is 43.4 Å². The predicted octanol–water partition coefficient (Wildman–Crippen LogP) is 3.03. The zero-order valence-electron chi connectivity index (χ0n) is 19.7. The van der Waals surface area contributed by atoms with E-state index in [-0.39, 0.29) is 5.91 Å². The van der Waals surface area contributed by atoms with Crippen LogP contribution in [0.15, 0.2) is 36.7 Å². The number of aromatic nitrogens is 3. The minimum absolute atomic E-state index is 0.0216. The Morgan fingerprint density at radius 1 is 1.15 bits per heavy atom. The summed E-state index contributed by atoms with van der Waals surface area (Å²) in [5.74, 6) is 0.571. The summed E-state index contributed by atoms with van der Waals surface area (Å²) in [5, 5.41) is 9.67. The van der Waals surface area contributed by atoms with Crippen molar-refractivity contribution in [2.45, 2.75) is 44.4 Å². The van der Waals surface area contributed by atoms with E-state index in [0.717, 1.165) is 55.5 Å². The molecule has 3 aliphatic rings. The highest BCUT2D eigenvalue weighted by molar-refractivity contribution is 5.95. The third kappa shape index (κ3) is 4.33. The molecule has 3 fully saturated rings. The molecule has 1 N–H and O–H groups in total. The zero-order valence-corrected chi connectivity index (χ0v) is 19.7. The second kappa shape index (κ2) is 9.09.